The normalized spacial score (nSPS) is 53.6. The first-order valence-electron chi connectivity index (χ1n) is 10.2. The first-order valence-corrected chi connectivity index (χ1v) is 11.3. The van der Waals surface area contributed by atoms with Gasteiger partial charge < -0.3 is 10.2 Å². The van der Waals surface area contributed by atoms with Gasteiger partial charge in [0.05, 0.1) is 11.4 Å². The van der Waals surface area contributed by atoms with Crippen LogP contribution in [0.5, 0.6) is 0 Å². The van der Waals surface area contributed by atoms with E-state index in [1.54, 1.807) is 0 Å². The van der Waals surface area contributed by atoms with Crippen LogP contribution >= 0.6 is 15.9 Å². The Labute approximate surface area is 164 Å². The molecule has 4 aliphatic carbocycles. The third-order valence-corrected chi connectivity index (χ3v) is 9.57. The van der Waals surface area contributed by atoms with Gasteiger partial charge in [0, 0.05) is 17.8 Å². The van der Waals surface area contributed by atoms with Crippen LogP contribution in [0.1, 0.15) is 65.2 Å². The number of rotatable bonds is 2. The quantitative estimate of drug-likeness (QED) is 0.664. The van der Waals surface area contributed by atoms with Crippen molar-refractivity contribution >= 4 is 27.5 Å². The van der Waals surface area contributed by atoms with E-state index in [9.17, 15) is 19.8 Å². The summed E-state index contributed by atoms with van der Waals surface area (Å²) in [5.41, 5.74) is -2.03. The van der Waals surface area contributed by atoms with Crippen molar-refractivity contribution in [1.82, 2.24) is 0 Å². The summed E-state index contributed by atoms with van der Waals surface area (Å²) in [6.07, 6.45) is 5.98. The lowest BCUT2D eigenvalue weighted by atomic mass is 9.44. The Morgan fingerprint density at radius 3 is 2.62 bits per heavy atom. The summed E-state index contributed by atoms with van der Waals surface area (Å²) in [4.78, 5) is 26.0. The van der Waals surface area contributed by atoms with Gasteiger partial charge in [0.15, 0.2) is 5.78 Å². The fraction of sp³-hybridized carbons (Fsp3) is 0.905. The molecular formula is C21H31BrO4. The number of ketones is 2. The average Bonchev–Trinajstić information content (AvgIpc) is 2.86. The molecule has 5 heteroatoms. The van der Waals surface area contributed by atoms with Crippen molar-refractivity contribution in [2.24, 2.45) is 34.5 Å². The topological polar surface area (TPSA) is 74.6 Å². The fourth-order valence-corrected chi connectivity index (χ4v) is 8.09. The predicted octanol–water partition coefficient (Wildman–Crippen LogP) is 3.26. The van der Waals surface area contributed by atoms with Crippen LogP contribution in [-0.2, 0) is 9.59 Å². The molecule has 26 heavy (non-hydrogen) atoms. The van der Waals surface area contributed by atoms with Gasteiger partial charge in [-0.05, 0) is 68.1 Å². The number of hydrogen-bond acceptors (Lipinski definition) is 4. The number of fused-ring (bicyclic) bond motifs is 5. The van der Waals surface area contributed by atoms with Crippen molar-refractivity contribution < 1.29 is 19.8 Å². The molecule has 2 N–H and O–H groups in total. The van der Waals surface area contributed by atoms with Crippen molar-refractivity contribution in [3.63, 3.8) is 0 Å². The van der Waals surface area contributed by atoms with Crippen LogP contribution in [0.15, 0.2) is 0 Å². The second-order valence-corrected chi connectivity index (χ2v) is 10.5. The monoisotopic (exact) mass is 426 g/mol. The molecule has 0 heterocycles. The van der Waals surface area contributed by atoms with Crippen LogP contribution in [0.25, 0.3) is 0 Å². The van der Waals surface area contributed by atoms with E-state index in [0.717, 1.165) is 38.5 Å². The highest BCUT2D eigenvalue weighted by atomic mass is 79.9. The van der Waals surface area contributed by atoms with Gasteiger partial charge in [-0.25, -0.2) is 0 Å². The molecule has 0 spiro atoms. The summed E-state index contributed by atoms with van der Waals surface area (Å²) in [7, 11) is 0. The van der Waals surface area contributed by atoms with Crippen molar-refractivity contribution in [3.8, 4) is 0 Å². The number of hydrogen-bond donors (Lipinski definition) is 2. The summed E-state index contributed by atoms with van der Waals surface area (Å²) in [6.45, 7) is 4.25. The van der Waals surface area contributed by atoms with Crippen LogP contribution in [0, 0.1) is 34.5 Å². The molecule has 0 radical (unpaired) electrons. The molecule has 4 aliphatic rings. The molecule has 4 saturated carbocycles. The summed E-state index contributed by atoms with van der Waals surface area (Å²) >= 11 is 3.23. The minimum Gasteiger partial charge on any atom is -0.393 e. The van der Waals surface area contributed by atoms with E-state index in [1.165, 1.54) is 0 Å². The zero-order valence-corrected chi connectivity index (χ0v) is 17.4. The van der Waals surface area contributed by atoms with E-state index in [4.69, 9.17) is 0 Å². The number of aliphatic hydroxyl groups excluding tert-OH is 1. The Hall–Kier alpha value is -0.260. The first-order chi connectivity index (χ1) is 12.2. The molecule has 0 aromatic rings. The van der Waals surface area contributed by atoms with Gasteiger partial charge in [0.2, 0.25) is 0 Å². The first kappa shape index (κ1) is 19.1. The molecule has 0 unspecified atom stereocenters. The second-order valence-electron chi connectivity index (χ2n) is 9.97. The van der Waals surface area contributed by atoms with Gasteiger partial charge in [-0.2, -0.15) is 0 Å². The standard InChI is InChI=1S/C21H31BrO4/c1-19-7-5-13(23)9-12(19)3-4-14-15-6-8-21(26,17(25)11-22)20(15,2)10-16(24)18(14)19/h12-15,18,23,26H,3-11H2,1-2H3/t12-,13-,14-,15+,18+,19-,20+,21+/m0/s1. The molecule has 8 atom stereocenters. The number of alkyl halides is 1. The molecule has 0 saturated heterocycles. The van der Waals surface area contributed by atoms with Crippen LogP contribution < -0.4 is 0 Å². The van der Waals surface area contributed by atoms with Gasteiger partial charge in [-0.1, -0.05) is 29.8 Å². The lowest BCUT2D eigenvalue weighted by Crippen LogP contribution is -2.62. The summed E-state index contributed by atoms with van der Waals surface area (Å²) in [5, 5.41) is 21.5. The smallest absolute Gasteiger partial charge is 0.175 e. The molecule has 0 aromatic carbocycles. The lowest BCUT2D eigenvalue weighted by Gasteiger charge is -2.60. The van der Waals surface area contributed by atoms with E-state index in [1.807, 2.05) is 6.92 Å². The molecule has 4 nitrogen and oxygen atoms in total. The molecule has 0 aliphatic heterocycles. The van der Waals surface area contributed by atoms with E-state index in [0.29, 0.717) is 18.8 Å². The Morgan fingerprint density at radius 1 is 1.19 bits per heavy atom. The Morgan fingerprint density at radius 2 is 1.92 bits per heavy atom. The zero-order chi connectivity index (χ0) is 18.9. The molecule has 4 rings (SSSR count). The average molecular weight is 427 g/mol. The summed E-state index contributed by atoms with van der Waals surface area (Å²) in [5.74, 6) is 1.05. The van der Waals surface area contributed by atoms with Crippen molar-refractivity contribution in [1.29, 1.82) is 0 Å². The maximum Gasteiger partial charge on any atom is 0.175 e. The van der Waals surface area contributed by atoms with Crippen LogP contribution in [0.4, 0.5) is 0 Å². The lowest BCUT2D eigenvalue weighted by molar-refractivity contribution is -0.177. The number of aliphatic hydroxyl groups is 2. The predicted molar refractivity (Wildman–Crippen MR) is 102 cm³/mol. The van der Waals surface area contributed by atoms with Crippen molar-refractivity contribution in [3.05, 3.63) is 0 Å². The summed E-state index contributed by atoms with van der Waals surface area (Å²) < 4.78 is 0. The SMILES string of the molecule is C[C@]12CC[C@H](O)C[C@@H]1CC[C@H]1[C@H]3CC[C@@](O)(C(=O)CBr)[C@]3(C)CC(=O)[C@@H]12. The molecular weight excluding hydrogens is 396 g/mol. The Bertz CT molecular complexity index is 636. The van der Waals surface area contributed by atoms with Gasteiger partial charge in [0.1, 0.15) is 11.4 Å². The van der Waals surface area contributed by atoms with Crippen molar-refractivity contribution in [2.75, 3.05) is 5.33 Å². The van der Waals surface area contributed by atoms with E-state index in [2.05, 4.69) is 22.9 Å². The molecule has 0 amide bonds. The van der Waals surface area contributed by atoms with Gasteiger partial charge in [-0.3, -0.25) is 9.59 Å². The highest BCUT2D eigenvalue weighted by Gasteiger charge is 2.68. The third-order valence-electron chi connectivity index (χ3n) is 9.06. The Balaban J connectivity index is 1.70. The number of carbonyl (C=O) groups is 2. The van der Waals surface area contributed by atoms with Gasteiger partial charge in [-0.15, -0.1) is 0 Å². The maximum atomic E-state index is 13.4. The van der Waals surface area contributed by atoms with Crippen LogP contribution in [0.3, 0.4) is 0 Å². The second kappa shape index (κ2) is 6.12. The molecule has 4 fully saturated rings. The largest absolute Gasteiger partial charge is 0.393 e. The number of carbonyl (C=O) groups excluding carboxylic acids is 2. The molecule has 146 valence electrons. The highest BCUT2D eigenvalue weighted by molar-refractivity contribution is 9.09. The van der Waals surface area contributed by atoms with E-state index >= 15 is 0 Å². The third kappa shape index (κ3) is 2.32. The zero-order valence-electron chi connectivity index (χ0n) is 15.8. The minimum atomic E-state index is -1.37. The minimum absolute atomic E-state index is 0.0271. The van der Waals surface area contributed by atoms with Crippen LogP contribution in [-0.4, -0.2) is 38.8 Å². The van der Waals surface area contributed by atoms with E-state index < -0.39 is 11.0 Å². The molecule has 0 aromatic heterocycles. The van der Waals surface area contributed by atoms with E-state index in [-0.39, 0.29) is 46.2 Å². The van der Waals surface area contributed by atoms with Gasteiger partial charge >= 0.3 is 0 Å². The van der Waals surface area contributed by atoms with Crippen molar-refractivity contribution in [2.45, 2.75) is 76.9 Å². The van der Waals surface area contributed by atoms with Crippen LogP contribution in [0.2, 0.25) is 0 Å². The summed E-state index contributed by atoms with van der Waals surface area (Å²) in [6, 6.07) is 0. The fourth-order valence-electron chi connectivity index (χ4n) is 7.62. The Kier molecular flexibility index (Phi) is 4.49. The molecule has 0 bridgehead atoms. The van der Waals surface area contributed by atoms with Gasteiger partial charge in [0.25, 0.3) is 0 Å². The number of Topliss-reactive ketones (excluding diaryl/α,β-unsaturated/α-hetero) is 2. The highest BCUT2D eigenvalue weighted by Crippen LogP contribution is 2.67. The number of halogens is 1. The maximum absolute atomic E-state index is 13.4.